The number of rotatable bonds is 0. The largest absolute Gasteiger partial charge is 0.282 e. The van der Waals surface area contributed by atoms with Crippen molar-refractivity contribution >= 4 is 16.9 Å². The smallest absolute Gasteiger partial charge is 0.216 e. The Morgan fingerprint density at radius 1 is 1.25 bits per heavy atom. The first-order valence-electron chi connectivity index (χ1n) is 3.82. The van der Waals surface area contributed by atoms with Crippen molar-refractivity contribution in [3.63, 3.8) is 0 Å². The van der Waals surface area contributed by atoms with Gasteiger partial charge in [-0.1, -0.05) is 24.3 Å². The van der Waals surface area contributed by atoms with Crippen LogP contribution in [-0.4, -0.2) is 5.12 Å². The van der Waals surface area contributed by atoms with Gasteiger partial charge in [0.05, 0.1) is 0 Å². The molecule has 0 saturated heterocycles. The average Bonchev–Trinajstić information content (AvgIpc) is 2.25. The summed E-state index contributed by atoms with van der Waals surface area (Å²) in [5, 5.41) is 0.125. The van der Waals surface area contributed by atoms with Crippen LogP contribution in [0, 0.1) is 0 Å². The number of carbonyl (C=O) groups excluding carboxylic acids is 1. The minimum Gasteiger partial charge on any atom is -0.282 e. The van der Waals surface area contributed by atoms with Crippen LogP contribution >= 0.6 is 11.8 Å². The molecule has 0 bridgehead atoms. The van der Waals surface area contributed by atoms with E-state index in [1.165, 1.54) is 17.3 Å². The van der Waals surface area contributed by atoms with Gasteiger partial charge in [-0.25, -0.2) is 0 Å². The van der Waals surface area contributed by atoms with E-state index in [1.807, 2.05) is 24.3 Å². The van der Waals surface area contributed by atoms with Crippen LogP contribution in [0.15, 0.2) is 41.3 Å². The van der Waals surface area contributed by atoms with Crippen LogP contribution in [0.4, 0.5) is 0 Å². The Kier molecular flexibility index (Phi) is 2.00. The van der Waals surface area contributed by atoms with Gasteiger partial charge in [0.15, 0.2) is 0 Å². The highest BCUT2D eigenvalue weighted by atomic mass is 32.2. The molecule has 0 radical (unpaired) electrons. The molecule has 1 heterocycles. The molecule has 0 spiro atoms. The van der Waals surface area contributed by atoms with Gasteiger partial charge in [-0.15, -0.1) is 0 Å². The maximum Gasteiger partial charge on any atom is 0.216 e. The van der Waals surface area contributed by atoms with Crippen LogP contribution in [0.1, 0.15) is 5.56 Å². The fourth-order valence-corrected chi connectivity index (χ4v) is 2.01. The van der Waals surface area contributed by atoms with E-state index in [0.29, 0.717) is 0 Å². The average molecular weight is 176 g/mol. The third kappa shape index (κ3) is 1.43. The lowest BCUT2D eigenvalue weighted by atomic mass is 10.1. The topological polar surface area (TPSA) is 17.1 Å². The standard InChI is InChI=1S/C10H8OS/c11-10-7-3-5-8-4-1-2-6-9(8)12-10/h1-4,6-7H,5H2. The molecule has 0 aliphatic carbocycles. The Morgan fingerprint density at radius 2 is 2.08 bits per heavy atom. The van der Waals surface area contributed by atoms with Crippen LogP contribution in [0.5, 0.6) is 0 Å². The molecule has 0 N–H and O–H groups in total. The normalized spacial score (nSPS) is 15.5. The van der Waals surface area contributed by atoms with Crippen molar-refractivity contribution in [1.82, 2.24) is 0 Å². The number of carbonyl (C=O) groups is 1. The van der Waals surface area contributed by atoms with Gasteiger partial charge in [-0.3, -0.25) is 4.79 Å². The third-order valence-electron chi connectivity index (χ3n) is 1.77. The highest BCUT2D eigenvalue weighted by Crippen LogP contribution is 2.26. The highest BCUT2D eigenvalue weighted by molar-refractivity contribution is 8.14. The third-order valence-corrected chi connectivity index (χ3v) is 2.73. The molecule has 12 heavy (non-hydrogen) atoms. The lowest BCUT2D eigenvalue weighted by Gasteiger charge is -2.00. The summed E-state index contributed by atoms with van der Waals surface area (Å²) >= 11 is 1.31. The second-order valence-electron chi connectivity index (χ2n) is 2.64. The fourth-order valence-electron chi connectivity index (χ4n) is 1.20. The number of hydrogen-bond donors (Lipinski definition) is 0. The summed E-state index contributed by atoms with van der Waals surface area (Å²) in [5.74, 6) is 0. The van der Waals surface area contributed by atoms with Gasteiger partial charge in [-0.2, -0.15) is 0 Å². The van der Waals surface area contributed by atoms with Gasteiger partial charge in [0.2, 0.25) is 5.12 Å². The molecule has 0 atom stereocenters. The van der Waals surface area contributed by atoms with Crippen LogP contribution in [0.2, 0.25) is 0 Å². The molecule has 0 saturated carbocycles. The van der Waals surface area contributed by atoms with Gasteiger partial charge in [-0.05, 0) is 35.9 Å². The molecule has 1 aromatic rings. The predicted octanol–water partition coefficient (Wildman–Crippen LogP) is 2.42. The number of hydrogen-bond acceptors (Lipinski definition) is 2. The molecule has 60 valence electrons. The van der Waals surface area contributed by atoms with Crippen molar-refractivity contribution in [3.05, 3.63) is 42.0 Å². The van der Waals surface area contributed by atoms with Crippen LogP contribution in [0.25, 0.3) is 0 Å². The maximum absolute atomic E-state index is 11.1. The summed E-state index contributed by atoms with van der Waals surface area (Å²) < 4.78 is 0. The zero-order chi connectivity index (χ0) is 8.39. The number of allylic oxidation sites excluding steroid dienone is 1. The van der Waals surface area contributed by atoms with Crippen LogP contribution < -0.4 is 0 Å². The molecule has 1 aliphatic heterocycles. The number of fused-ring (bicyclic) bond motifs is 1. The van der Waals surface area contributed by atoms with Crippen molar-refractivity contribution in [2.75, 3.05) is 0 Å². The van der Waals surface area contributed by atoms with E-state index in [4.69, 9.17) is 0 Å². The molecule has 1 aromatic carbocycles. The lowest BCUT2D eigenvalue weighted by molar-refractivity contribution is -0.107. The Labute approximate surface area is 75.5 Å². The van der Waals surface area contributed by atoms with Crippen molar-refractivity contribution in [1.29, 1.82) is 0 Å². The molecule has 2 heteroatoms. The maximum atomic E-state index is 11.1. The van der Waals surface area contributed by atoms with E-state index >= 15 is 0 Å². The Hall–Kier alpha value is -1.02. The van der Waals surface area contributed by atoms with Gasteiger partial charge in [0.25, 0.3) is 0 Å². The van der Waals surface area contributed by atoms with E-state index in [9.17, 15) is 4.79 Å². The van der Waals surface area contributed by atoms with E-state index in [-0.39, 0.29) is 5.12 Å². The summed E-state index contributed by atoms with van der Waals surface area (Å²) in [6, 6.07) is 8.02. The zero-order valence-corrected chi connectivity index (χ0v) is 7.30. The quantitative estimate of drug-likeness (QED) is 0.604. The van der Waals surface area contributed by atoms with Gasteiger partial charge in [0, 0.05) is 4.90 Å². The first-order chi connectivity index (χ1) is 5.86. The van der Waals surface area contributed by atoms with Crippen LogP contribution in [-0.2, 0) is 11.2 Å². The summed E-state index contributed by atoms with van der Waals surface area (Å²) in [7, 11) is 0. The minimum absolute atomic E-state index is 0.125. The Balaban J connectivity index is 2.44. The van der Waals surface area contributed by atoms with Gasteiger partial charge < -0.3 is 0 Å². The highest BCUT2D eigenvalue weighted by Gasteiger charge is 2.08. The van der Waals surface area contributed by atoms with Crippen molar-refractivity contribution in [2.45, 2.75) is 11.3 Å². The first-order valence-corrected chi connectivity index (χ1v) is 4.64. The van der Waals surface area contributed by atoms with E-state index < -0.39 is 0 Å². The zero-order valence-electron chi connectivity index (χ0n) is 6.49. The summed E-state index contributed by atoms with van der Waals surface area (Å²) in [4.78, 5) is 12.2. The first kappa shape index (κ1) is 7.62. The predicted molar refractivity (Wildman–Crippen MR) is 50.2 cm³/mol. The molecule has 0 unspecified atom stereocenters. The molecule has 0 aromatic heterocycles. The summed E-state index contributed by atoms with van der Waals surface area (Å²) in [5.41, 5.74) is 1.24. The lowest BCUT2D eigenvalue weighted by Crippen LogP contribution is -1.84. The SMILES string of the molecule is O=C1C=CCc2ccccc2S1. The number of benzene rings is 1. The van der Waals surface area contributed by atoms with E-state index in [1.54, 1.807) is 6.08 Å². The molecule has 2 rings (SSSR count). The van der Waals surface area contributed by atoms with E-state index in [2.05, 4.69) is 6.07 Å². The van der Waals surface area contributed by atoms with Gasteiger partial charge in [0.1, 0.15) is 0 Å². The molecule has 0 fully saturated rings. The van der Waals surface area contributed by atoms with Crippen molar-refractivity contribution in [3.8, 4) is 0 Å². The van der Waals surface area contributed by atoms with Crippen molar-refractivity contribution in [2.24, 2.45) is 0 Å². The van der Waals surface area contributed by atoms with E-state index in [0.717, 1.165) is 11.3 Å². The molecule has 1 aliphatic rings. The summed E-state index contributed by atoms with van der Waals surface area (Å²) in [6.07, 6.45) is 4.43. The fraction of sp³-hybridized carbons (Fsp3) is 0.100. The Bertz CT molecular complexity index is 341. The molecule has 0 amide bonds. The second kappa shape index (κ2) is 3.15. The molecular formula is C10H8OS. The minimum atomic E-state index is 0.125. The summed E-state index contributed by atoms with van der Waals surface area (Å²) in [6.45, 7) is 0. The Morgan fingerprint density at radius 3 is 3.00 bits per heavy atom. The van der Waals surface area contributed by atoms with Crippen molar-refractivity contribution < 1.29 is 4.79 Å². The monoisotopic (exact) mass is 176 g/mol. The van der Waals surface area contributed by atoms with Crippen LogP contribution in [0.3, 0.4) is 0 Å². The second-order valence-corrected chi connectivity index (χ2v) is 3.68. The molecule has 1 nitrogen and oxygen atoms in total. The van der Waals surface area contributed by atoms with Gasteiger partial charge >= 0.3 is 0 Å². The number of thioether (sulfide) groups is 1. The molecular weight excluding hydrogens is 168 g/mol.